The Morgan fingerprint density at radius 3 is 2.50 bits per heavy atom. The van der Waals surface area contributed by atoms with Crippen LogP contribution in [0.2, 0.25) is 10.0 Å². The second kappa shape index (κ2) is 6.68. The monoisotopic (exact) mass is 315 g/mol. The maximum absolute atomic E-state index is 12.2. The molecule has 0 amide bonds. The van der Waals surface area contributed by atoms with Crippen molar-refractivity contribution in [3.63, 3.8) is 0 Å². The highest BCUT2D eigenvalue weighted by Crippen LogP contribution is 2.32. The second-order valence-corrected chi connectivity index (χ2v) is 6.06. The first-order chi connectivity index (χ1) is 9.52. The van der Waals surface area contributed by atoms with E-state index in [1.807, 2.05) is 0 Å². The molecule has 0 bridgehead atoms. The van der Waals surface area contributed by atoms with Gasteiger partial charge in [0, 0.05) is 0 Å². The third-order valence-corrected chi connectivity index (χ3v) is 4.56. The molecular formula is C15H19Cl2NO2. The van der Waals surface area contributed by atoms with E-state index in [1.54, 1.807) is 0 Å². The van der Waals surface area contributed by atoms with Crippen molar-refractivity contribution in [2.75, 3.05) is 5.73 Å². The van der Waals surface area contributed by atoms with Gasteiger partial charge in [-0.15, -0.1) is 0 Å². The number of carbonyl (C=O) groups is 1. The van der Waals surface area contributed by atoms with E-state index in [-0.39, 0.29) is 27.8 Å². The van der Waals surface area contributed by atoms with Crippen molar-refractivity contribution in [3.8, 4) is 0 Å². The van der Waals surface area contributed by atoms with Gasteiger partial charge in [0.2, 0.25) is 0 Å². The normalized spacial score (nSPS) is 22.6. The highest BCUT2D eigenvalue weighted by Gasteiger charge is 2.27. The number of hydrogen-bond donors (Lipinski definition) is 1. The van der Waals surface area contributed by atoms with E-state index in [4.69, 9.17) is 33.7 Å². The van der Waals surface area contributed by atoms with Crippen molar-refractivity contribution in [3.05, 3.63) is 27.7 Å². The summed E-state index contributed by atoms with van der Waals surface area (Å²) in [5, 5.41) is 0.556. The van der Waals surface area contributed by atoms with Crippen molar-refractivity contribution >= 4 is 34.9 Å². The number of nitrogens with two attached hydrogens (primary N) is 1. The molecule has 0 heterocycles. The Balaban J connectivity index is 2.11. The molecule has 1 aromatic rings. The van der Waals surface area contributed by atoms with Crippen molar-refractivity contribution in [1.82, 2.24) is 0 Å². The summed E-state index contributed by atoms with van der Waals surface area (Å²) in [5.74, 6) is 0.0755. The maximum Gasteiger partial charge on any atom is 0.338 e. The zero-order valence-corrected chi connectivity index (χ0v) is 13.0. The van der Waals surface area contributed by atoms with Gasteiger partial charge in [-0.25, -0.2) is 4.79 Å². The zero-order chi connectivity index (χ0) is 14.7. The molecule has 2 N–H and O–H groups in total. The molecule has 1 aromatic carbocycles. The minimum atomic E-state index is -0.376. The first-order valence-corrected chi connectivity index (χ1v) is 7.74. The zero-order valence-electron chi connectivity index (χ0n) is 11.5. The summed E-state index contributed by atoms with van der Waals surface area (Å²) in [5.41, 5.74) is 6.30. The van der Waals surface area contributed by atoms with Crippen LogP contribution in [0.3, 0.4) is 0 Å². The van der Waals surface area contributed by atoms with E-state index in [1.165, 1.54) is 18.6 Å². The van der Waals surface area contributed by atoms with Crippen LogP contribution in [0.5, 0.6) is 0 Å². The Bertz CT molecular complexity index is 482. The number of esters is 1. The number of carbonyl (C=O) groups excluding carboxylic acids is 1. The number of rotatable bonds is 3. The van der Waals surface area contributed by atoms with Gasteiger partial charge in [0.05, 0.1) is 21.3 Å². The topological polar surface area (TPSA) is 52.3 Å². The SMILES string of the molecule is CCC1CCCCC1OC(=O)c1cc(Cl)c(N)c(Cl)c1. The molecule has 110 valence electrons. The van der Waals surface area contributed by atoms with Gasteiger partial charge in [-0.3, -0.25) is 0 Å². The number of ether oxygens (including phenoxy) is 1. The third kappa shape index (κ3) is 3.39. The summed E-state index contributed by atoms with van der Waals surface area (Å²) < 4.78 is 5.63. The van der Waals surface area contributed by atoms with E-state index >= 15 is 0 Å². The van der Waals surface area contributed by atoms with Crippen LogP contribution in [0, 0.1) is 5.92 Å². The van der Waals surface area contributed by atoms with Crippen LogP contribution >= 0.6 is 23.2 Å². The van der Waals surface area contributed by atoms with Crippen molar-refractivity contribution < 1.29 is 9.53 Å². The Kier molecular flexibility index (Phi) is 5.17. The molecule has 3 nitrogen and oxygen atoms in total. The summed E-state index contributed by atoms with van der Waals surface area (Å²) in [4.78, 5) is 12.2. The van der Waals surface area contributed by atoms with Crippen LogP contribution in [-0.4, -0.2) is 12.1 Å². The molecule has 0 spiro atoms. The van der Waals surface area contributed by atoms with E-state index in [0.29, 0.717) is 11.5 Å². The minimum absolute atomic E-state index is 0.00338. The standard InChI is InChI=1S/C15H19Cl2NO2/c1-2-9-5-3-4-6-13(9)20-15(19)10-7-11(16)14(18)12(17)8-10/h7-9,13H,2-6,18H2,1H3. The molecule has 2 rings (SSSR count). The number of hydrogen-bond acceptors (Lipinski definition) is 3. The third-order valence-electron chi connectivity index (χ3n) is 3.94. The van der Waals surface area contributed by atoms with Gasteiger partial charge in [0.25, 0.3) is 0 Å². The molecular weight excluding hydrogens is 297 g/mol. The molecule has 5 heteroatoms. The van der Waals surface area contributed by atoms with Crippen LogP contribution in [0.15, 0.2) is 12.1 Å². The fraction of sp³-hybridized carbons (Fsp3) is 0.533. The molecule has 0 radical (unpaired) electrons. The molecule has 0 aromatic heterocycles. The quantitative estimate of drug-likeness (QED) is 0.649. The van der Waals surface area contributed by atoms with Crippen LogP contribution in [0.1, 0.15) is 49.4 Å². The maximum atomic E-state index is 12.2. The Morgan fingerprint density at radius 1 is 1.30 bits per heavy atom. The predicted molar refractivity (Wildman–Crippen MR) is 82.3 cm³/mol. The average molecular weight is 316 g/mol. The molecule has 0 saturated heterocycles. The Labute approximate surface area is 129 Å². The molecule has 0 aliphatic heterocycles. The number of benzene rings is 1. The summed E-state index contributed by atoms with van der Waals surface area (Å²) in [6, 6.07) is 3.02. The molecule has 2 unspecified atom stereocenters. The number of anilines is 1. The lowest BCUT2D eigenvalue weighted by molar-refractivity contribution is 0.000713. The number of nitrogen functional groups attached to an aromatic ring is 1. The lowest BCUT2D eigenvalue weighted by Crippen LogP contribution is -2.29. The minimum Gasteiger partial charge on any atom is -0.458 e. The summed E-state index contributed by atoms with van der Waals surface area (Å²) in [6.07, 6.45) is 5.40. The first kappa shape index (κ1) is 15.5. The molecule has 1 saturated carbocycles. The van der Waals surface area contributed by atoms with Crippen LogP contribution in [-0.2, 0) is 4.74 Å². The van der Waals surface area contributed by atoms with Gasteiger partial charge in [0.15, 0.2) is 0 Å². The predicted octanol–water partition coefficient (Wildman–Crippen LogP) is 4.70. The van der Waals surface area contributed by atoms with E-state index in [0.717, 1.165) is 25.7 Å². The number of halogens is 2. The Hall–Kier alpha value is -0.930. The van der Waals surface area contributed by atoms with Gasteiger partial charge >= 0.3 is 5.97 Å². The smallest absolute Gasteiger partial charge is 0.338 e. The van der Waals surface area contributed by atoms with Gasteiger partial charge in [-0.2, -0.15) is 0 Å². The molecule has 20 heavy (non-hydrogen) atoms. The summed E-state index contributed by atoms with van der Waals surface area (Å²) in [7, 11) is 0. The first-order valence-electron chi connectivity index (χ1n) is 6.98. The molecule has 1 fully saturated rings. The van der Waals surface area contributed by atoms with E-state index in [9.17, 15) is 4.79 Å². The van der Waals surface area contributed by atoms with Gasteiger partial charge in [-0.1, -0.05) is 36.5 Å². The Morgan fingerprint density at radius 2 is 1.90 bits per heavy atom. The summed E-state index contributed by atoms with van der Waals surface area (Å²) in [6.45, 7) is 2.13. The van der Waals surface area contributed by atoms with Crippen molar-refractivity contribution in [2.45, 2.75) is 45.1 Å². The second-order valence-electron chi connectivity index (χ2n) is 5.25. The highest BCUT2D eigenvalue weighted by atomic mass is 35.5. The van der Waals surface area contributed by atoms with Crippen molar-refractivity contribution in [2.24, 2.45) is 5.92 Å². The van der Waals surface area contributed by atoms with E-state index in [2.05, 4.69) is 6.92 Å². The summed E-state index contributed by atoms with van der Waals surface area (Å²) >= 11 is 11.9. The van der Waals surface area contributed by atoms with Gasteiger partial charge in [-0.05, 0) is 43.7 Å². The van der Waals surface area contributed by atoms with Gasteiger partial charge < -0.3 is 10.5 Å². The largest absolute Gasteiger partial charge is 0.458 e. The molecule has 1 aliphatic rings. The van der Waals surface area contributed by atoms with Crippen molar-refractivity contribution in [1.29, 1.82) is 0 Å². The molecule has 2 atom stereocenters. The van der Waals surface area contributed by atoms with Crippen LogP contribution in [0.25, 0.3) is 0 Å². The fourth-order valence-electron chi connectivity index (χ4n) is 2.70. The lowest BCUT2D eigenvalue weighted by atomic mass is 9.85. The average Bonchev–Trinajstić information content (AvgIpc) is 2.44. The van der Waals surface area contributed by atoms with Crippen LogP contribution in [0.4, 0.5) is 5.69 Å². The lowest BCUT2D eigenvalue weighted by Gasteiger charge is -2.30. The highest BCUT2D eigenvalue weighted by molar-refractivity contribution is 6.39. The molecule has 1 aliphatic carbocycles. The fourth-order valence-corrected chi connectivity index (χ4v) is 3.19. The van der Waals surface area contributed by atoms with Gasteiger partial charge in [0.1, 0.15) is 6.10 Å². The van der Waals surface area contributed by atoms with E-state index < -0.39 is 0 Å². The van der Waals surface area contributed by atoms with Crippen LogP contribution < -0.4 is 5.73 Å².